The Kier molecular flexibility index (Phi) is 9.32. The topological polar surface area (TPSA) is 74.7 Å². The van der Waals surface area contributed by atoms with Crippen LogP contribution < -0.4 is 10.1 Å². The van der Waals surface area contributed by atoms with Gasteiger partial charge in [-0.1, -0.05) is 13.8 Å². The van der Waals surface area contributed by atoms with E-state index in [0.29, 0.717) is 24.5 Å². The minimum Gasteiger partial charge on any atom is -0.495 e. The van der Waals surface area contributed by atoms with Gasteiger partial charge in [0, 0.05) is 25.7 Å². The Labute approximate surface area is 120 Å². The Morgan fingerprint density at radius 3 is 2.65 bits per heavy atom. The second kappa shape index (κ2) is 10.2. The summed E-state index contributed by atoms with van der Waals surface area (Å²) in [5.74, 6) is 0.399. The predicted molar refractivity (Wildman–Crippen MR) is 78.9 cm³/mol. The van der Waals surface area contributed by atoms with Crippen molar-refractivity contribution in [1.29, 1.82) is 0 Å². The number of pyridine rings is 1. The molecule has 6 nitrogen and oxygen atoms in total. The molecule has 1 rings (SSSR count). The summed E-state index contributed by atoms with van der Waals surface area (Å²) >= 11 is 0. The first-order valence-electron chi connectivity index (χ1n) is 6.66. The van der Waals surface area contributed by atoms with Crippen LogP contribution >= 0.6 is 0 Å². The quantitative estimate of drug-likeness (QED) is 0.811. The molecule has 0 aliphatic heterocycles. The van der Waals surface area contributed by atoms with E-state index in [1.54, 1.807) is 20.2 Å². The van der Waals surface area contributed by atoms with Crippen molar-refractivity contribution < 1.29 is 14.6 Å². The van der Waals surface area contributed by atoms with Crippen molar-refractivity contribution in [2.75, 3.05) is 34.4 Å². The van der Waals surface area contributed by atoms with E-state index < -0.39 is 0 Å². The SMILES string of the molecule is CC.CNC(=O)c1cc(CN(C)CCO)c(OC)cn1. The number of rotatable bonds is 6. The van der Waals surface area contributed by atoms with Crippen LogP contribution in [0.4, 0.5) is 0 Å². The van der Waals surface area contributed by atoms with E-state index in [4.69, 9.17) is 9.84 Å². The maximum Gasteiger partial charge on any atom is 0.269 e. The summed E-state index contributed by atoms with van der Waals surface area (Å²) in [6, 6.07) is 1.70. The average Bonchev–Trinajstić information content (AvgIpc) is 2.48. The second-order valence-electron chi connectivity index (χ2n) is 3.92. The van der Waals surface area contributed by atoms with Gasteiger partial charge in [-0.25, -0.2) is 4.98 Å². The molecule has 1 heterocycles. The number of likely N-dealkylation sites (N-methyl/N-ethyl adjacent to an activating group) is 1. The highest BCUT2D eigenvalue weighted by molar-refractivity contribution is 5.92. The van der Waals surface area contributed by atoms with E-state index in [0.717, 1.165) is 5.56 Å². The van der Waals surface area contributed by atoms with E-state index in [1.165, 1.54) is 6.20 Å². The van der Waals surface area contributed by atoms with E-state index >= 15 is 0 Å². The van der Waals surface area contributed by atoms with Gasteiger partial charge < -0.3 is 15.2 Å². The molecule has 0 atom stereocenters. The standard InChI is InChI=1S/C12H19N3O3.C2H6/c1-13-12(17)10-6-9(8-15(2)4-5-16)11(18-3)7-14-10;1-2/h6-7,16H,4-5,8H2,1-3H3,(H,13,17);1-2H3. The number of carbonyl (C=O) groups is 1. The Hall–Kier alpha value is -1.66. The molecule has 0 unspecified atom stereocenters. The smallest absolute Gasteiger partial charge is 0.269 e. The van der Waals surface area contributed by atoms with Crippen molar-refractivity contribution in [2.24, 2.45) is 0 Å². The fourth-order valence-corrected chi connectivity index (χ4v) is 1.58. The van der Waals surface area contributed by atoms with Crippen molar-refractivity contribution in [3.8, 4) is 5.75 Å². The third-order valence-corrected chi connectivity index (χ3v) is 2.55. The molecule has 0 spiro atoms. The van der Waals surface area contributed by atoms with E-state index in [1.807, 2.05) is 25.8 Å². The zero-order valence-corrected chi connectivity index (χ0v) is 12.9. The van der Waals surface area contributed by atoms with Crippen LogP contribution in [-0.4, -0.2) is 55.3 Å². The number of methoxy groups -OCH3 is 1. The Morgan fingerprint density at radius 2 is 2.15 bits per heavy atom. The lowest BCUT2D eigenvalue weighted by Gasteiger charge is -2.17. The highest BCUT2D eigenvalue weighted by Crippen LogP contribution is 2.19. The van der Waals surface area contributed by atoms with Crippen LogP contribution in [0.15, 0.2) is 12.3 Å². The molecule has 2 N–H and O–H groups in total. The summed E-state index contributed by atoms with van der Waals surface area (Å²) in [6.45, 7) is 5.23. The van der Waals surface area contributed by atoms with Crippen molar-refractivity contribution in [1.82, 2.24) is 15.2 Å². The van der Waals surface area contributed by atoms with Crippen LogP contribution in [0, 0.1) is 0 Å². The van der Waals surface area contributed by atoms with E-state index in [2.05, 4.69) is 10.3 Å². The maximum atomic E-state index is 11.5. The first-order valence-corrected chi connectivity index (χ1v) is 6.66. The molecule has 0 bridgehead atoms. The monoisotopic (exact) mass is 283 g/mol. The summed E-state index contributed by atoms with van der Waals surface area (Å²) in [6.07, 6.45) is 1.53. The minimum absolute atomic E-state index is 0.0895. The molecule has 1 aromatic rings. The first-order chi connectivity index (χ1) is 9.62. The summed E-state index contributed by atoms with van der Waals surface area (Å²) in [5.41, 5.74) is 1.22. The Morgan fingerprint density at radius 1 is 1.50 bits per heavy atom. The van der Waals surface area contributed by atoms with Gasteiger partial charge in [-0.3, -0.25) is 9.69 Å². The molecule has 6 heteroatoms. The number of aliphatic hydroxyl groups excluding tert-OH is 1. The summed E-state index contributed by atoms with van der Waals surface area (Å²) < 4.78 is 5.21. The van der Waals surface area contributed by atoms with Crippen LogP contribution in [-0.2, 0) is 6.54 Å². The second-order valence-corrected chi connectivity index (χ2v) is 3.92. The van der Waals surface area contributed by atoms with Gasteiger partial charge in [0.2, 0.25) is 0 Å². The largest absolute Gasteiger partial charge is 0.495 e. The molecule has 0 aliphatic rings. The highest BCUT2D eigenvalue weighted by atomic mass is 16.5. The molecule has 0 aliphatic carbocycles. The van der Waals surface area contributed by atoms with Crippen LogP contribution in [0.5, 0.6) is 5.75 Å². The molecule has 1 aromatic heterocycles. The third kappa shape index (κ3) is 5.54. The van der Waals surface area contributed by atoms with Gasteiger partial charge >= 0.3 is 0 Å². The maximum absolute atomic E-state index is 11.5. The lowest BCUT2D eigenvalue weighted by atomic mass is 10.2. The Balaban J connectivity index is 0.00000172. The lowest BCUT2D eigenvalue weighted by Crippen LogP contribution is -2.23. The average molecular weight is 283 g/mol. The van der Waals surface area contributed by atoms with E-state index in [-0.39, 0.29) is 12.5 Å². The molecule has 0 saturated heterocycles. The highest BCUT2D eigenvalue weighted by Gasteiger charge is 2.12. The fraction of sp³-hybridized carbons (Fsp3) is 0.571. The number of nitrogens with zero attached hydrogens (tertiary/aromatic N) is 2. The van der Waals surface area contributed by atoms with Gasteiger partial charge in [-0.2, -0.15) is 0 Å². The van der Waals surface area contributed by atoms with Gasteiger partial charge in [0.25, 0.3) is 5.91 Å². The molecule has 0 aromatic carbocycles. The number of hydrogen-bond donors (Lipinski definition) is 2. The first kappa shape index (κ1) is 18.3. The summed E-state index contributed by atoms with van der Waals surface area (Å²) in [4.78, 5) is 17.5. The molecule has 114 valence electrons. The molecule has 20 heavy (non-hydrogen) atoms. The van der Waals surface area contributed by atoms with Crippen molar-refractivity contribution in [2.45, 2.75) is 20.4 Å². The summed E-state index contributed by atoms with van der Waals surface area (Å²) in [7, 11) is 5.01. The molecule has 0 radical (unpaired) electrons. The Bertz CT molecular complexity index is 411. The number of hydrogen-bond acceptors (Lipinski definition) is 5. The molecule has 0 saturated carbocycles. The molecule has 1 amide bonds. The zero-order chi connectivity index (χ0) is 15.5. The number of nitrogens with one attached hydrogen (secondary N) is 1. The number of ether oxygens (including phenoxy) is 1. The summed E-state index contributed by atoms with van der Waals surface area (Å²) in [5, 5.41) is 11.4. The van der Waals surface area contributed by atoms with E-state index in [9.17, 15) is 4.79 Å². The lowest BCUT2D eigenvalue weighted by molar-refractivity contribution is 0.0958. The molecular formula is C14H25N3O3. The van der Waals surface area contributed by atoms with Crippen molar-refractivity contribution >= 4 is 5.91 Å². The fourth-order valence-electron chi connectivity index (χ4n) is 1.58. The predicted octanol–water partition coefficient (Wildman–Crippen LogP) is 0.900. The third-order valence-electron chi connectivity index (χ3n) is 2.55. The zero-order valence-electron chi connectivity index (χ0n) is 12.9. The van der Waals surface area contributed by atoms with Gasteiger partial charge in [-0.05, 0) is 13.1 Å². The van der Waals surface area contributed by atoms with Crippen LogP contribution in [0.3, 0.4) is 0 Å². The number of aromatic nitrogens is 1. The van der Waals surface area contributed by atoms with Crippen LogP contribution in [0.1, 0.15) is 29.9 Å². The minimum atomic E-state index is -0.233. The number of aliphatic hydroxyl groups is 1. The normalized spacial score (nSPS) is 9.75. The molecular weight excluding hydrogens is 258 g/mol. The number of carbonyl (C=O) groups excluding carboxylic acids is 1. The van der Waals surface area contributed by atoms with Gasteiger partial charge in [0.15, 0.2) is 0 Å². The van der Waals surface area contributed by atoms with Crippen molar-refractivity contribution in [3.05, 3.63) is 23.5 Å². The van der Waals surface area contributed by atoms with Crippen LogP contribution in [0.25, 0.3) is 0 Å². The van der Waals surface area contributed by atoms with Crippen molar-refractivity contribution in [3.63, 3.8) is 0 Å². The van der Waals surface area contributed by atoms with Crippen LogP contribution in [0.2, 0.25) is 0 Å². The van der Waals surface area contributed by atoms with Gasteiger partial charge in [0.05, 0.1) is 19.9 Å². The molecule has 0 fully saturated rings. The number of amides is 1. The van der Waals surface area contributed by atoms with Gasteiger partial charge in [0.1, 0.15) is 11.4 Å². The van der Waals surface area contributed by atoms with Gasteiger partial charge in [-0.15, -0.1) is 0 Å².